The first-order chi connectivity index (χ1) is 7.31. The van der Waals surface area contributed by atoms with Crippen molar-refractivity contribution in [3.63, 3.8) is 0 Å². The zero-order chi connectivity index (χ0) is 11.1. The van der Waals surface area contributed by atoms with Gasteiger partial charge < -0.3 is 16.0 Å². The van der Waals surface area contributed by atoms with Crippen LogP contribution in [0.4, 0.5) is 5.69 Å². The van der Waals surface area contributed by atoms with E-state index in [1.165, 1.54) is 6.21 Å². The molecule has 0 aromatic heterocycles. The molecule has 0 spiro atoms. The molecule has 0 atom stereocenters. The molecule has 0 aliphatic rings. The summed E-state index contributed by atoms with van der Waals surface area (Å²) in [5, 5.41) is 12.7. The van der Waals surface area contributed by atoms with Gasteiger partial charge in [0, 0.05) is 30.7 Å². The molecule has 15 heavy (non-hydrogen) atoms. The van der Waals surface area contributed by atoms with Crippen LogP contribution >= 0.6 is 0 Å². The van der Waals surface area contributed by atoms with E-state index in [1.54, 1.807) is 25.4 Å². The minimum atomic E-state index is 0.635. The Bertz CT molecular complexity index is 368. The first-order valence-corrected chi connectivity index (χ1v) is 4.50. The van der Waals surface area contributed by atoms with E-state index in [0.29, 0.717) is 6.41 Å². The van der Waals surface area contributed by atoms with Crippen LogP contribution in [0.15, 0.2) is 30.5 Å². The van der Waals surface area contributed by atoms with E-state index in [2.05, 4.69) is 10.6 Å². The standard InChI is InChI=1S/C11H13N3O/c1-13-7-10(6-12)9-2-4-11(5-3-9)14-8-15/h2-8,12-13H,1H3,(H,14,15)/b10-7+,12-6?. The van der Waals surface area contributed by atoms with Gasteiger partial charge in [-0.3, -0.25) is 4.79 Å². The summed E-state index contributed by atoms with van der Waals surface area (Å²) in [6.45, 7) is 0. The Morgan fingerprint density at radius 1 is 1.33 bits per heavy atom. The second kappa shape index (κ2) is 5.59. The van der Waals surface area contributed by atoms with Crippen LogP contribution in [-0.4, -0.2) is 19.7 Å². The lowest BCUT2D eigenvalue weighted by Gasteiger charge is -2.03. The number of carbonyl (C=O) groups excluding carboxylic acids is 1. The Balaban J connectivity index is 2.91. The lowest BCUT2D eigenvalue weighted by Crippen LogP contribution is -1.98. The van der Waals surface area contributed by atoms with Crippen molar-refractivity contribution >= 4 is 23.9 Å². The predicted octanol–water partition coefficient (Wildman–Crippen LogP) is 1.46. The van der Waals surface area contributed by atoms with Crippen molar-refractivity contribution in [3.05, 3.63) is 36.0 Å². The molecule has 1 aromatic rings. The number of anilines is 1. The number of nitrogens with one attached hydrogen (secondary N) is 3. The molecule has 0 saturated carbocycles. The molecule has 78 valence electrons. The molecule has 0 fully saturated rings. The monoisotopic (exact) mass is 203 g/mol. The average Bonchev–Trinajstić information content (AvgIpc) is 2.28. The molecule has 0 bridgehead atoms. The zero-order valence-electron chi connectivity index (χ0n) is 8.45. The van der Waals surface area contributed by atoms with Gasteiger partial charge in [-0.25, -0.2) is 0 Å². The van der Waals surface area contributed by atoms with Gasteiger partial charge in [0.05, 0.1) is 0 Å². The fourth-order valence-corrected chi connectivity index (χ4v) is 1.19. The van der Waals surface area contributed by atoms with Crippen LogP contribution in [0.1, 0.15) is 5.56 Å². The van der Waals surface area contributed by atoms with Crippen LogP contribution in [0.2, 0.25) is 0 Å². The third-order valence-electron chi connectivity index (χ3n) is 1.90. The van der Waals surface area contributed by atoms with Crippen LogP contribution in [-0.2, 0) is 4.79 Å². The van der Waals surface area contributed by atoms with Crippen molar-refractivity contribution in [2.75, 3.05) is 12.4 Å². The van der Waals surface area contributed by atoms with Gasteiger partial charge in [0.1, 0.15) is 0 Å². The van der Waals surface area contributed by atoms with E-state index in [1.807, 2.05) is 12.1 Å². The van der Waals surface area contributed by atoms with E-state index in [4.69, 9.17) is 5.41 Å². The van der Waals surface area contributed by atoms with Crippen molar-refractivity contribution in [3.8, 4) is 0 Å². The van der Waals surface area contributed by atoms with Crippen molar-refractivity contribution in [2.24, 2.45) is 0 Å². The summed E-state index contributed by atoms with van der Waals surface area (Å²) in [4.78, 5) is 10.2. The number of hydrogen-bond acceptors (Lipinski definition) is 3. The number of benzene rings is 1. The predicted molar refractivity (Wildman–Crippen MR) is 61.9 cm³/mol. The Labute approximate surface area is 88.5 Å². The molecule has 1 rings (SSSR count). The van der Waals surface area contributed by atoms with E-state index >= 15 is 0 Å². The lowest BCUT2D eigenvalue weighted by molar-refractivity contribution is -0.105. The van der Waals surface area contributed by atoms with Gasteiger partial charge in [0.25, 0.3) is 0 Å². The second-order valence-corrected chi connectivity index (χ2v) is 2.87. The molecule has 4 heteroatoms. The molecule has 0 aliphatic carbocycles. The molecule has 1 amide bonds. The van der Waals surface area contributed by atoms with Gasteiger partial charge in [0.2, 0.25) is 6.41 Å². The quantitative estimate of drug-likeness (QED) is 0.501. The Kier molecular flexibility index (Phi) is 4.09. The van der Waals surface area contributed by atoms with Gasteiger partial charge in [-0.1, -0.05) is 12.1 Å². The number of hydrogen-bond donors (Lipinski definition) is 3. The largest absolute Gasteiger partial charge is 0.393 e. The third-order valence-corrected chi connectivity index (χ3v) is 1.90. The maximum atomic E-state index is 10.2. The fourth-order valence-electron chi connectivity index (χ4n) is 1.19. The molecule has 4 nitrogen and oxygen atoms in total. The fraction of sp³-hybridized carbons (Fsp3) is 0.0909. The lowest BCUT2D eigenvalue weighted by atomic mass is 10.1. The molecule has 0 heterocycles. The number of allylic oxidation sites excluding steroid dienone is 1. The first-order valence-electron chi connectivity index (χ1n) is 4.50. The SMILES string of the molecule is CN/C=C(\C=N)c1ccc(NC=O)cc1. The smallest absolute Gasteiger partial charge is 0.211 e. The van der Waals surface area contributed by atoms with Crippen molar-refractivity contribution in [2.45, 2.75) is 0 Å². The van der Waals surface area contributed by atoms with Crippen molar-refractivity contribution in [1.82, 2.24) is 5.32 Å². The van der Waals surface area contributed by atoms with Gasteiger partial charge >= 0.3 is 0 Å². The highest BCUT2D eigenvalue weighted by Crippen LogP contribution is 2.14. The summed E-state index contributed by atoms with van der Waals surface area (Å²) < 4.78 is 0. The maximum absolute atomic E-state index is 10.2. The first kappa shape index (κ1) is 11.0. The minimum absolute atomic E-state index is 0.635. The highest BCUT2D eigenvalue weighted by atomic mass is 16.1. The van der Waals surface area contributed by atoms with Crippen LogP contribution in [0.5, 0.6) is 0 Å². The van der Waals surface area contributed by atoms with E-state index in [9.17, 15) is 4.79 Å². The average molecular weight is 203 g/mol. The van der Waals surface area contributed by atoms with Gasteiger partial charge in [-0.15, -0.1) is 0 Å². The molecule has 0 unspecified atom stereocenters. The summed E-state index contributed by atoms with van der Waals surface area (Å²) in [7, 11) is 1.78. The molecule has 0 saturated heterocycles. The van der Waals surface area contributed by atoms with Gasteiger partial charge in [0.15, 0.2) is 0 Å². The van der Waals surface area contributed by atoms with Crippen LogP contribution in [0.25, 0.3) is 5.57 Å². The number of amides is 1. The maximum Gasteiger partial charge on any atom is 0.211 e. The Hall–Kier alpha value is -2.10. The summed E-state index contributed by atoms with van der Waals surface area (Å²) in [5.74, 6) is 0. The van der Waals surface area contributed by atoms with Gasteiger partial charge in [-0.05, 0) is 17.7 Å². The molecular formula is C11H13N3O. The zero-order valence-corrected chi connectivity index (χ0v) is 8.45. The topological polar surface area (TPSA) is 65.0 Å². The van der Waals surface area contributed by atoms with Gasteiger partial charge in [-0.2, -0.15) is 0 Å². The Morgan fingerprint density at radius 3 is 2.47 bits per heavy atom. The molecular weight excluding hydrogens is 190 g/mol. The highest BCUT2D eigenvalue weighted by Gasteiger charge is 1.97. The second-order valence-electron chi connectivity index (χ2n) is 2.87. The third kappa shape index (κ3) is 2.95. The van der Waals surface area contributed by atoms with Crippen molar-refractivity contribution < 1.29 is 4.79 Å². The molecule has 1 aromatic carbocycles. The van der Waals surface area contributed by atoms with Crippen LogP contribution in [0.3, 0.4) is 0 Å². The van der Waals surface area contributed by atoms with Crippen LogP contribution in [0, 0.1) is 5.41 Å². The number of carbonyl (C=O) groups is 1. The normalized spacial score (nSPS) is 10.6. The number of rotatable bonds is 5. The van der Waals surface area contributed by atoms with Crippen molar-refractivity contribution in [1.29, 1.82) is 5.41 Å². The molecule has 0 aliphatic heterocycles. The molecule has 0 radical (unpaired) electrons. The highest BCUT2D eigenvalue weighted by molar-refractivity contribution is 6.08. The summed E-state index contributed by atoms with van der Waals surface area (Å²) in [6, 6.07) is 7.27. The van der Waals surface area contributed by atoms with E-state index in [0.717, 1.165) is 16.8 Å². The minimum Gasteiger partial charge on any atom is -0.393 e. The summed E-state index contributed by atoms with van der Waals surface area (Å²) in [5.41, 5.74) is 2.45. The summed E-state index contributed by atoms with van der Waals surface area (Å²) in [6.07, 6.45) is 3.66. The Morgan fingerprint density at radius 2 is 2.00 bits per heavy atom. The van der Waals surface area contributed by atoms with E-state index < -0.39 is 0 Å². The summed E-state index contributed by atoms with van der Waals surface area (Å²) >= 11 is 0. The van der Waals surface area contributed by atoms with E-state index in [-0.39, 0.29) is 0 Å². The van der Waals surface area contributed by atoms with Crippen LogP contribution < -0.4 is 10.6 Å². The molecule has 3 N–H and O–H groups in total.